The molecule has 25 heavy (non-hydrogen) atoms. The molecule has 0 spiro atoms. The number of hydrogen-bond acceptors (Lipinski definition) is 6. The zero-order valence-corrected chi connectivity index (χ0v) is 14.8. The first-order valence-corrected chi connectivity index (χ1v) is 8.72. The molecule has 132 valence electrons. The highest BCUT2D eigenvalue weighted by atomic mass is 16.1. The van der Waals surface area contributed by atoms with Crippen LogP contribution in [0.4, 0.5) is 5.95 Å². The van der Waals surface area contributed by atoms with Gasteiger partial charge in [0.15, 0.2) is 0 Å². The van der Waals surface area contributed by atoms with Crippen LogP contribution < -0.4 is 10.2 Å². The van der Waals surface area contributed by atoms with Crippen molar-refractivity contribution in [1.82, 2.24) is 25.3 Å². The summed E-state index contributed by atoms with van der Waals surface area (Å²) in [5.74, 6) is 2.07. The second kappa shape index (κ2) is 8.00. The number of nitrogens with zero attached hydrogens (tertiary/aromatic N) is 5. The molecule has 0 radical (unpaired) electrons. The Morgan fingerprint density at radius 2 is 1.96 bits per heavy atom. The van der Waals surface area contributed by atoms with E-state index in [9.17, 15) is 4.79 Å². The molecule has 0 atom stereocenters. The number of hydrogen-bond donors (Lipinski definition) is 1. The summed E-state index contributed by atoms with van der Waals surface area (Å²) in [5.41, 5.74) is 1.91. The van der Waals surface area contributed by atoms with Gasteiger partial charge >= 0.3 is 0 Å². The van der Waals surface area contributed by atoms with E-state index in [-0.39, 0.29) is 5.91 Å². The zero-order chi connectivity index (χ0) is 17.6. The molecule has 0 bridgehead atoms. The van der Waals surface area contributed by atoms with Gasteiger partial charge in [0.1, 0.15) is 5.82 Å². The van der Waals surface area contributed by atoms with Crippen LogP contribution in [0.25, 0.3) is 0 Å². The molecule has 0 aromatic carbocycles. The molecule has 1 fully saturated rings. The van der Waals surface area contributed by atoms with Crippen molar-refractivity contribution < 1.29 is 4.79 Å². The van der Waals surface area contributed by atoms with Crippen molar-refractivity contribution in [1.29, 1.82) is 0 Å². The van der Waals surface area contributed by atoms with Crippen LogP contribution in [0.5, 0.6) is 0 Å². The standard InChI is InChI=1S/C18H24N6O/c1-13-12-15(4-5-16(25)19-2)23-17(22-13)14-6-10-24(11-7-14)18-20-8-3-9-21-18/h3,8-9,12,14H,4-7,10-11H2,1-2H3,(H,19,25). The van der Waals surface area contributed by atoms with E-state index in [1.165, 1.54) is 0 Å². The van der Waals surface area contributed by atoms with E-state index in [4.69, 9.17) is 4.98 Å². The summed E-state index contributed by atoms with van der Waals surface area (Å²) < 4.78 is 0. The van der Waals surface area contributed by atoms with Crippen molar-refractivity contribution in [3.8, 4) is 0 Å². The lowest BCUT2D eigenvalue weighted by atomic mass is 9.95. The maximum Gasteiger partial charge on any atom is 0.225 e. The molecule has 3 heterocycles. The first kappa shape index (κ1) is 17.3. The summed E-state index contributed by atoms with van der Waals surface area (Å²) in [6, 6.07) is 3.80. The number of aromatic nitrogens is 4. The van der Waals surface area contributed by atoms with Gasteiger partial charge in [-0.25, -0.2) is 19.9 Å². The molecule has 1 N–H and O–H groups in total. The first-order valence-electron chi connectivity index (χ1n) is 8.72. The highest BCUT2D eigenvalue weighted by Crippen LogP contribution is 2.27. The molecule has 2 aromatic heterocycles. The Balaban J connectivity index is 1.64. The van der Waals surface area contributed by atoms with Gasteiger partial charge in [-0.15, -0.1) is 0 Å². The predicted octanol–water partition coefficient (Wildman–Crippen LogP) is 1.64. The largest absolute Gasteiger partial charge is 0.359 e. The molecule has 1 saturated heterocycles. The number of carbonyl (C=O) groups excluding carboxylic acids is 1. The predicted molar refractivity (Wildman–Crippen MR) is 95.4 cm³/mol. The van der Waals surface area contributed by atoms with Gasteiger partial charge in [-0.2, -0.15) is 0 Å². The van der Waals surface area contributed by atoms with E-state index < -0.39 is 0 Å². The van der Waals surface area contributed by atoms with Gasteiger partial charge in [0, 0.05) is 56.3 Å². The third kappa shape index (κ3) is 4.49. The van der Waals surface area contributed by atoms with Crippen LogP contribution in [0.3, 0.4) is 0 Å². The molecule has 1 aliphatic rings. The number of anilines is 1. The fourth-order valence-corrected chi connectivity index (χ4v) is 3.13. The SMILES string of the molecule is CNC(=O)CCc1cc(C)nc(C2CCN(c3ncccn3)CC2)n1. The van der Waals surface area contributed by atoms with Crippen LogP contribution >= 0.6 is 0 Å². The minimum absolute atomic E-state index is 0.0361. The van der Waals surface area contributed by atoms with Crippen molar-refractivity contribution >= 4 is 11.9 Å². The third-order valence-corrected chi connectivity index (χ3v) is 4.51. The van der Waals surface area contributed by atoms with E-state index in [1.54, 1.807) is 19.4 Å². The summed E-state index contributed by atoms with van der Waals surface area (Å²) in [4.78, 5) is 31.7. The van der Waals surface area contributed by atoms with E-state index in [0.717, 1.165) is 49.1 Å². The Bertz CT molecular complexity index is 713. The van der Waals surface area contributed by atoms with Crippen molar-refractivity contribution in [3.05, 3.63) is 41.7 Å². The number of carbonyl (C=O) groups is 1. The summed E-state index contributed by atoms with van der Waals surface area (Å²) in [5, 5.41) is 2.65. The molecule has 7 nitrogen and oxygen atoms in total. The molecule has 0 aliphatic carbocycles. The number of amides is 1. The van der Waals surface area contributed by atoms with E-state index in [0.29, 0.717) is 18.8 Å². The smallest absolute Gasteiger partial charge is 0.225 e. The lowest BCUT2D eigenvalue weighted by Crippen LogP contribution is -2.34. The summed E-state index contributed by atoms with van der Waals surface area (Å²) in [7, 11) is 1.66. The van der Waals surface area contributed by atoms with Crippen molar-refractivity contribution in [2.45, 2.75) is 38.5 Å². The second-order valence-corrected chi connectivity index (χ2v) is 6.34. The Labute approximate surface area is 147 Å². The van der Waals surface area contributed by atoms with Crippen molar-refractivity contribution in [2.24, 2.45) is 0 Å². The third-order valence-electron chi connectivity index (χ3n) is 4.51. The average Bonchev–Trinajstić information content (AvgIpc) is 2.66. The van der Waals surface area contributed by atoms with Gasteiger partial charge in [-0.3, -0.25) is 4.79 Å². The van der Waals surface area contributed by atoms with Gasteiger partial charge < -0.3 is 10.2 Å². The van der Waals surface area contributed by atoms with Crippen LogP contribution in [0.15, 0.2) is 24.5 Å². The molecule has 1 aliphatic heterocycles. The molecule has 1 amide bonds. The molecule has 7 heteroatoms. The highest BCUT2D eigenvalue weighted by Gasteiger charge is 2.24. The Kier molecular flexibility index (Phi) is 5.53. The van der Waals surface area contributed by atoms with E-state index >= 15 is 0 Å². The fraction of sp³-hybridized carbons (Fsp3) is 0.500. The van der Waals surface area contributed by atoms with Crippen LogP contribution in [-0.2, 0) is 11.2 Å². The van der Waals surface area contributed by atoms with Crippen LogP contribution in [-0.4, -0.2) is 46.0 Å². The maximum absolute atomic E-state index is 11.5. The zero-order valence-electron chi connectivity index (χ0n) is 14.8. The normalized spacial score (nSPS) is 15.2. The minimum atomic E-state index is 0.0361. The van der Waals surface area contributed by atoms with Crippen LogP contribution in [0, 0.1) is 6.92 Å². The molecule has 3 rings (SSSR count). The van der Waals surface area contributed by atoms with Gasteiger partial charge in [0.2, 0.25) is 11.9 Å². The Morgan fingerprint density at radius 3 is 2.64 bits per heavy atom. The van der Waals surface area contributed by atoms with Crippen molar-refractivity contribution in [2.75, 3.05) is 25.0 Å². The quantitative estimate of drug-likeness (QED) is 0.891. The number of piperidine rings is 1. The topological polar surface area (TPSA) is 83.9 Å². The summed E-state index contributed by atoms with van der Waals surface area (Å²) in [6.45, 7) is 3.79. The first-order chi connectivity index (χ1) is 12.2. The average molecular weight is 340 g/mol. The summed E-state index contributed by atoms with van der Waals surface area (Å²) in [6.07, 6.45) is 6.61. The van der Waals surface area contributed by atoms with Gasteiger partial charge in [-0.05, 0) is 38.3 Å². The number of rotatable bonds is 5. The molecule has 2 aromatic rings. The monoisotopic (exact) mass is 340 g/mol. The molecular formula is C18H24N6O. The van der Waals surface area contributed by atoms with Crippen LogP contribution in [0.1, 0.15) is 42.4 Å². The van der Waals surface area contributed by atoms with Crippen LogP contribution in [0.2, 0.25) is 0 Å². The number of nitrogens with one attached hydrogen (secondary N) is 1. The second-order valence-electron chi connectivity index (χ2n) is 6.34. The summed E-state index contributed by atoms with van der Waals surface area (Å²) >= 11 is 0. The molecule has 0 unspecified atom stereocenters. The van der Waals surface area contributed by atoms with Gasteiger partial charge in [0.05, 0.1) is 0 Å². The number of aryl methyl sites for hydroxylation is 2. The lowest BCUT2D eigenvalue weighted by molar-refractivity contribution is -0.120. The molecular weight excluding hydrogens is 316 g/mol. The van der Waals surface area contributed by atoms with Crippen molar-refractivity contribution in [3.63, 3.8) is 0 Å². The fourth-order valence-electron chi connectivity index (χ4n) is 3.13. The van der Waals surface area contributed by atoms with E-state index in [1.807, 2.05) is 19.1 Å². The minimum Gasteiger partial charge on any atom is -0.359 e. The highest BCUT2D eigenvalue weighted by molar-refractivity contribution is 5.75. The lowest BCUT2D eigenvalue weighted by Gasteiger charge is -2.31. The maximum atomic E-state index is 11.5. The van der Waals surface area contributed by atoms with Gasteiger partial charge in [-0.1, -0.05) is 0 Å². The Hall–Kier alpha value is -2.57. The van der Waals surface area contributed by atoms with Gasteiger partial charge in [0.25, 0.3) is 0 Å². The molecule has 0 saturated carbocycles. The Morgan fingerprint density at radius 1 is 1.24 bits per heavy atom. The van der Waals surface area contributed by atoms with E-state index in [2.05, 4.69) is 25.2 Å².